The molecule has 0 radical (unpaired) electrons. The van der Waals surface area contributed by atoms with Crippen LogP contribution in [-0.2, 0) is 15.7 Å². The Bertz CT molecular complexity index is 206. The first kappa shape index (κ1) is 11.1. The molecule has 0 atom stereocenters. The summed E-state index contributed by atoms with van der Waals surface area (Å²) in [6.07, 6.45) is 3.50. The summed E-state index contributed by atoms with van der Waals surface area (Å²) in [5, 5.41) is 8.07. The van der Waals surface area contributed by atoms with E-state index in [-0.39, 0.29) is 0 Å². The third-order valence-corrected chi connectivity index (χ3v) is 0.944. The SMILES string of the molecule is C[C](C)([Co])C#N.c1ccncc1. The first-order chi connectivity index (χ1) is 5.56. The van der Waals surface area contributed by atoms with E-state index in [0.717, 1.165) is 0 Å². The van der Waals surface area contributed by atoms with Gasteiger partial charge in [0.1, 0.15) is 0 Å². The van der Waals surface area contributed by atoms with Crippen LogP contribution >= 0.6 is 0 Å². The molecule has 0 amide bonds. The summed E-state index contributed by atoms with van der Waals surface area (Å²) in [5.41, 5.74) is 0. The van der Waals surface area contributed by atoms with E-state index in [4.69, 9.17) is 5.26 Å². The van der Waals surface area contributed by atoms with E-state index in [2.05, 4.69) is 20.7 Å². The molecule has 0 unspecified atom stereocenters. The Morgan fingerprint density at radius 3 is 1.75 bits per heavy atom. The van der Waals surface area contributed by atoms with Gasteiger partial charge in [-0.25, -0.2) is 0 Å². The van der Waals surface area contributed by atoms with Gasteiger partial charge in [-0.1, -0.05) is 6.07 Å². The maximum absolute atomic E-state index is 8.07. The molecule has 0 bridgehead atoms. The first-order valence-corrected chi connectivity index (χ1v) is 4.01. The van der Waals surface area contributed by atoms with Crippen LogP contribution < -0.4 is 0 Å². The Hall–Kier alpha value is -0.854. The smallest absolute Gasteiger partial charge is 0.0267 e. The molecule has 0 fully saturated rings. The van der Waals surface area contributed by atoms with Gasteiger partial charge in [-0.05, 0) is 12.1 Å². The van der Waals surface area contributed by atoms with Crippen LogP contribution in [0.15, 0.2) is 30.6 Å². The van der Waals surface area contributed by atoms with Gasteiger partial charge in [0.05, 0.1) is 0 Å². The quantitative estimate of drug-likeness (QED) is 0.653. The van der Waals surface area contributed by atoms with Crippen LogP contribution in [0.2, 0.25) is 4.35 Å². The number of hydrogen-bond donors (Lipinski definition) is 0. The predicted molar refractivity (Wildman–Crippen MR) is 43.9 cm³/mol. The van der Waals surface area contributed by atoms with Gasteiger partial charge >= 0.3 is 45.3 Å². The van der Waals surface area contributed by atoms with Crippen molar-refractivity contribution in [1.82, 2.24) is 4.98 Å². The third kappa shape index (κ3) is 9.15. The number of aromatic nitrogens is 1. The minimum absolute atomic E-state index is 0.465. The molecule has 0 spiro atoms. The molecule has 0 saturated heterocycles. The van der Waals surface area contributed by atoms with E-state index in [9.17, 15) is 0 Å². The zero-order valence-electron chi connectivity index (χ0n) is 7.11. The first-order valence-electron chi connectivity index (χ1n) is 3.49. The van der Waals surface area contributed by atoms with Crippen LogP contribution in [-0.4, -0.2) is 4.98 Å². The molecule has 0 aliphatic carbocycles. The van der Waals surface area contributed by atoms with E-state index in [1.807, 2.05) is 24.3 Å². The van der Waals surface area contributed by atoms with E-state index in [1.165, 1.54) is 0 Å². The average molecular weight is 206 g/mol. The van der Waals surface area contributed by atoms with Crippen molar-refractivity contribution in [3.63, 3.8) is 0 Å². The molecule has 1 aromatic heterocycles. The van der Waals surface area contributed by atoms with E-state index in [1.54, 1.807) is 26.2 Å². The molecular formula is C9H11CoN2. The van der Waals surface area contributed by atoms with E-state index < -0.39 is 4.35 Å². The van der Waals surface area contributed by atoms with Crippen LogP contribution in [0.3, 0.4) is 0 Å². The summed E-state index contributed by atoms with van der Waals surface area (Å²) >= 11 is 3.94. The summed E-state index contributed by atoms with van der Waals surface area (Å²) in [7, 11) is 0. The number of nitriles is 1. The molecular weight excluding hydrogens is 195 g/mol. The van der Waals surface area contributed by atoms with E-state index in [0.29, 0.717) is 0 Å². The molecule has 0 saturated carbocycles. The summed E-state index contributed by atoms with van der Waals surface area (Å²) in [5.74, 6) is 0. The molecule has 1 rings (SSSR count). The number of rotatable bonds is 0. The van der Waals surface area contributed by atoms with Gasteiger partial charge in [-0.15, -0.1) is 0 Å². The standard InChI is InChI=1S/C5H5N.C4H6N.Co/c1-2-4-6-5-3-1;1-4(2)3-5;/h1-5H;1-2H3;. The van der Waals surface area contributed by atoms with Crippen molar-refractivity contribution >= 4 is 0 Å². The molecule has 1 heterocycles. The van der Waals surface area contributed by atoms with Crippen LogP contribution in [0.25, 0.3) is 0 Å². The second-order valence-corrected chi connectivity index (χ2v) is 3.85. The van der Waals surface area contributed by atoms with Crippen LogP contribution in [0.4, 0.5) is 0 Å². The second kappa shape index (κ2) is 5.75. The van der Waals surface area contributed by atoms with Crippen molar-refractivity contribution in [3.05, 3.63) is 30.6 Å². The van der Waals surface area contributed by atoms with Crippen molar-refractivity contribution in [1.29, 1.82) is 5.26 Å². The topological polar surface area (TPSA) is 36.7 Å². The van der Waals surface area contributed by atoms with Crippen LogP contribution in [0, 0.1) is 11.3 Å². The molecule has 2 nitrogen and oxygen atoms in total. The largest absolute Gasteiger partial charge is 0.265 e. The van der Waals surface area contributed by atoms with Gasteiger partial charge in [0.2, 0.25) is 0 Å². The molecule has 0 aromatic carbocycles. The Balaban J connectivity index is 0.000000202. The molecule has 0 N–H and O–H groups in total. The molecule has 3 heteroatoms. The van der Waals surface area contributed by atoms with Crippen LogP contribution in [0.1, 0.15) is 13.8 Å². The molecule has 66 valence electrons. The van der Waals surface area contributed by atoms with Crippen molar-refractivity contribution in [2.75, 3.05) is 0 Å². The normalized spacial score (nSPS) is 9.25. The summed E-state index contributed by atoms with van der Waals surface area (Å²) in [6.45, 7) is 3.49. The zero-order valence-corrected chi connectivity index (χ0v) is 8.16. The maximum atomic E-state index is 8.07. The molecule has 12 heavy (non-hydrogen) atoms. The monoisotopic (exact) mass is 206 g/mol. The van der Waals surface area contributed by atoms with Gasteiger partial charge in [0.25, 0.3) is 0 Å². The van der Waals surface area contributed by atoms with Gasteiger partial charge in [-0.3, -0.25) is 4.98 Å². The predicted octanol–water partition coefficient (Wildman–Crippen LogP) is 2.34. The summed E-state index contributed by atoms with van der Waals surface area (Å²) in [6, 6.07) is 7.68. The molecule has 0 aliphatic rings. The van der Waals surface area contributed by atoms with Gasteiger partial charge in [0, 0.05) is 12.4 Å². The Morgan fingerprint density at radius 1 is 1.25 bits per heavy atom. The minimum Gasteiger partial charge on any atom is -0.265 e. The van der Waals surface area contributed by atoms with Crippen molar-refractivity contribution in [2.45, 2.75) is 18.2 Å². The third-order valence-electron chi connectivity index (χ3n) is 0.827. The van der Waals surface area contributed by atoms with Gasteiger partial charge in [-0.2, -0.15) is 0 Å². The zero-order chi connectivity index (χ0) is 9.45. The van der Waals surface area contributed by atoms with Gasteiger partial charge < -0.3 is 0 Å². The van der Waals surface area contributed by atoms with Gasteiger partial charge in [0.15, 0.2) is 0 Å². The fourth-order valence-corrected chi connectivity index (χ4v) is 0.313. The van der Waals surface area contributed by atoms with Crippen molar-refractivity contribution < 1.29 is 15.7 Å². The molecule has 1 aromatic rings. The minimum atomic E-state index is -0.465. The second-order valence-electron chi connectivity index (χ2n) is 2.55. The summed E-state index contributed by atoms with van der Waals surface area (Å²) < 4.78 is -0.465. The number of nitrogens with zero attached hydrogens (tertiary/aromatic N) is 2. The maximum Gasteiger partial charge on any atom is 0.0267 e. The Kier molecular flexibility index (Phi) is 5.34. The van der Waals surface area contributed by atoms with Crippen molar-refractivity contribution in [2.24, 2.45) is 0 Å². The Morgan fingerprint density at radius 2 is 1.67 bits per heavy atom. The fraction of sp³-hybridized carbons (Fsp3) is 0.333. The van der Waals surface area contributed by atoms with Crippen molar-refractivity contribution in [3.8, 4) is 6.07 Å². The Labute approximate surface area is 81.2 Å². The molecule has 0 aliphatic heterocycles. The average Bonchev–Trinajstić information content (AvgIpc) is 2.07. The summed E-state index contributed by atoms with van der Waals surface area (Å²) in [4.78, 5) is 3.78. The van der Waals surface area contributed by atoms with Crippen LogP contribution in [0.5, 0.6) is 0 Å². The number of pyridine rings is 1. The number of hydrogen-bond acceptors (Lipinski definition) is 2. The van der Waals surface area contributed by atoms with E-state index >= 15 is 0 Å². The fourth-order valence-electron chi connectivity index (χ4n) is 0.313.